The number of nitrogens with one attached hydrogen (secondary N) is 2. The lowest BCUT2D eigenvalue weighted by atomic mass is 10.1. The van der Waals surface area contributed by atoms with Gasteiger partial charge in [-0.15, -0.1) is 4.40 Å². The summed E-state index contributed by atoms with van der Waals surface area (Å²) in [5.41, 5.74) is 0.497. The third-order valence-corrected chi connectivity index (χ3v) is 4.37. The molecule has 2 heterocycles. The third-order valence-electron chi connectivity index (χ3n) is 3.21. The summed E-state index contributed by atoms with van der Waals surface area (Å²) in [4.78, 5) is 13.7. The van der Waals surface area contributed by atoms with E-state index in [1.54, 1.807) is 23.3 Å². The first-order valence-corrected chi connectivity index (χ1v) is 8.53. The predicted molar refractivity (Wildman–Crippen MR) is 81.3 cm³/mol. The number of likely N-dealkylation sites (N-methyl/N-ethyl adjacent to an activating group) is 1. The summed E-state index contributed by atoms with van der Waals surface area (Å²) in [7, 11) is -3.36. The van der Waals surface area contributed by atoms with E-state index in [4.69, 9.17) is 0 Å². The van der Waals surface area contributed by atoms with Crippen molar-refractivity contribution in [1.82, 2.24) is 15.5 Å². The molecule has 2 aliphatic rings. The molecule has 8 heteroatoms. The van der Waals surface area contributed by atoms with Gasteiger partial charge in [-0.3, -0.25) is 4.79 Å². The smallest absolute Gasteiger partial charge is 0.256 e. The Kier molecular flexibility index (Phi) is 4.79. The second-order valence-corrected chi connectivity index (χ2v) is 6.77. The molecule has 0 spiro atoms. The standard InChI is InChI=1S/C13H20N4O3S/c1-3-14-10(2)8-15-13(18)11-4-5-12-16-21(19,20)7-6-17(12)9-11/h4-5,9-10,14H,3,6-8H2,1-2H3,(H,15,18)/t10-/m1/s1. The Morgan fingerprint density at radius 1 is 1.48 bits per heavy atom. The lowest BCUT2D eigenvalue weighted by molar-refractivity contribution is -0.117. The van der Waals surface area contributed by atoms with Gasteiger partial charge >= 0.3 is 0 Å². The summed E-state index contributed by atoms with van der Waals surface area (Å²) < 4.78 is 26.5. The molecule has 0 aromatic heterocycles. The Balaban J connectivity index is 1.99. The van der Waals surface area contributed by atoms with E-state index < -0.39 is 10.0 Å². The molecular weight excluding hydrogens is 292 g/mol. The second-order valence-electron chi connectivity index (χ2n) is 5.02. The molecule has 2 aliphatic heterocycles. The molecular formula is C13H20N4O3S. The number of rotatable bonds is 5. The van der Waals surface area contributed by atoms with Crippen LogP contribution in [-0.2, 0) is 14.8 Å². The highest BCUT2D eigenvalue weighted by Gasteiger charge is 2.24. The summed E-state index contributed by atoms with van der Waals surface area (Å²) in [5.74, 6) is 0.148. The van der Waals surface area contributed by atoms with Crippen molar-refractivity contribution in [2.24, 2.45) is 4.40 Å². The number of hydrogen-bond acceptors (Lipinski definition) is 5. The maximum atomic E-state index is 12.1. The average Bonchev–Trinajstić information content (AvgIpc) is 2.43. The highest BCUT2D eigenvalue weighted by atomic mass is 32.2. The lowest BCUT2D eigenvalue weighted by Gasteiger charge is -2.27. The van der Waals surface area contributed by atoms with Crippen molar-refractivity contribution >= 4 is 21.8 Å². The SMILES string of the molecule is CCN[C@H](C)CNC(=O)C1=CN2CCS(=O)(=O)N=C2C=C1. The highest BCUT2D eigenvalue weighted by molar-refractivity contribution is 7.90. The number of amidine groups is 1. The Labute approximate surface area is 124 Å². The average molecular weight is 312 g/mol. The van der Waals surface area contributed by atoms with Gasteiger partial charge in [0.2, 0.25) is 0 Å². The van der Waals surface area contributed by atoms with Gasteiger partial charge in [-0.1, -0.05) is 6.92 Å². The summed E-state index contributed by atoms with van der Waals surface area (Å²) in [6.45, 7) is 5.70. The van der Waals surface area contributed by atoms with Crippen LogP contribution in [0.15, 0.2) is 28.3 Å². The van der Waals surface area contributed by atoms with Crippen LogP contribution in [0.1, 0.15) is 13.8 Å². The summed E-state index contributed by atoms with van der Waals surface area (Å²) >= 11 is 0. The second kappa shape index (κ2) is 6.40. The first-order valence-electron chi connectivity index (χ1n) is 6.92. The zero-order chi connectivity index (χ0) is 15.5. The van der Waals surface area contributed by atoms with Crippen LogP contribution in [0.25, 0.3) is 0 Å². The van der Waals surface area contributed by atoms with E-state index in [2.05, 4.69) is 15.0 Å². The molecule has 2 rings (SSSR count). The lowest BCUT2D eigenvalue weighted by Crippen LogP contribution is -2.41. The third kappa shape index (κ3) is 4.15. The van der Waals surface area contributed by atoms with Crippen LogP contribution in [0.5, 0.6) is 0 Å². The van der Waals surface area contributed by atoms with Gasteiger partial charge in [-0.2, -0.15) is 0 Å². The van der Waals surface area contributed by atoms with Crippen LogP contribution >= 0.6 is 0 Å². The molecule has 0 aromatic rings. The first-order chi connectivity index (χ1) is 9.91. The van der Waals surface area contributed by atoms with Gasteiger partial charge in [0, 0.05) is 25.3 Å². The van der Waals surface area contributed by atoms with Gasteiger partial charge < -0.3 is 15.5 Å². The van der Waals surface area contributed by atoms with Crippen LogP contribution in [0.2, 0.25) is 0 Å². The predicted octanol–water partition coefficient (Wildman–Crippen LogP) is -0.402. The fourth-order valence-corrected chi connectivity index (χ4v) is 3.07. The number of sulfonamides is 1. The van der Waals surface area contributed by atoms with Gasteiger partial charge in [0.1, 0.15) is 5.84 Å². The number of nitrogens with zero attached hydrogens (tertiary/aromatic N) is 2. The highest BCUT2D eigenvalue weighted by Crippen LogP contribution is 2.15. The topological polar surface area (TPSA) is 90.9 Å². The maximum absolute atomic E-state index is 12.1. The number of amides is 1. The minimum atomic E-state index is -3.36. The Bertz CT molecular complexity index is 607. The Hall–Kier alpha value is -1.67. The zero-order valence-electron chi connectivity index (χ0n) is 12.2. The van der Waals surface area contributed by atoms with E-state index >= 15 is 0 Å². The first kappa shape index (κ1) is 15.7. The molecule has 0 saturated heterocycles. The number of hydrogen-bond donors (Lipinski definition) is 2. The normalized spacial score (nSPS) is 21.1. The van der Waals surface area contributed by atoms with E-state index in [9.17, 15) is 13.2 Å². The molecule has 0 fully saturated rings. The largest absolute Gasteiger partial charge is 0.350 e. The number of carbonyl (C=O) groups excluding carboxylic acids is 1. The fourth-order valence-electron chi connectivity index (χ4n) is 2.10. The molecule has 0 bridgehead atoms. The molecule has 0 radical (unpaired) electrons. The zero-order valence-corrected chi connectivity index (χ0v) is 13.0. The Morgan fingerprint density at radius 3 is 2.95 bits per heavy atom. The monoisotopic (exact) mass is 312 g/mol. The molecule has 116 valence electrons. The van der Waals surface area contributed by atoms with Crippen molar-refractivity contribution in [2.45, 2.75) is 19.9 Å². The summed E-state index contributed by atoms with van der Waals surface area (Å²) in [6.07, 6.45) is 4.78. The van der Waals surface area contributed by atoms with E-state index in [1.807, 2.05) is 13.8 Å². The molecule has 7 nitrogen and oxygen atoms in total. The van der Waals surface area contributed by atoms with Crippen LogP contribution in [0, 0.1) is 0 Å². The molecule has 1 amide bonds. The molecule has 1 atom stereocenters. The van der Waals surface area contributed by atoms with Crippen molar-refractivity contribution < 1.29 is 13.2 Å². The molecule has 0 saturated carbocycles. The van der Waals surface area contributed by atoms with E-state index in [1.165, 1.54) is 0 Å². The van der Waals surface area contributed by atoms with Gasteiger partial charge in [0.25, 0.3) is 15.9 Å². The minimum absolute atomic E-state index is 0.0345. The molecule has 2 N–H and O–H groups in total. The quantitative estimate of drug-likeness (QED) is 0.721. The molecule has 0 aromatic carbocycles. The molecule has 0 aliphatic carbocycles. The fraction of sp³-hybridized carbons (Fsp3) is 0.538. The van der Waals surface area contributed by atoms with E-state index in [0.717, 1.165) is 6.54 Å². The Morgan fingerprint density at radius 2 is 2.24 bits per heavy atom. The number of carbonyl (C=O) groups is 1. The van der Waals surface area contributed by atoms with E-state index in [-0.39, 0.29) is 17.7 Å². The van der Waals surface area contributed by atoms with Gasteiger partial charge in [0.15, 0.2) is 0 Å². The maximum Gasteiger partial charge on any atom is 0.256 e. The van der Waals surface area contributed by atoms with Gasteiger partial charge in [0.05, 0.1) is 11.3 Å². The molecule has 0 unspecified atom stereocenters. The summed E-state index contributed by atoms with van der Waals surface area (Å²) in [6, 6.07) is 0.198. The van der Waals surface area contributed by atoms with Crippen molar-refractivity contribution in [2.75, 3.05) is 25.4 Å². The van der Waals surface area contributed by atoms with Crippen LogP contribution in [0.4, 0.5) is 0 Å². The van der Waals surface area contributed by atoms with Crippen LogP contribution in [0.3, 0.4) is 0 Å². The van der Waals surface area contributed by atoms with Crippen molar-refractivity contribution in [3.05, 3.63) is 23.9 Å². The van der Waals surface area contributed by atoms with Crippen molar-refractivity contribution in [1.29, 1.82) is 0 Å². The van der Waals surface area contributed by atoms with Gasteiger partial charge in [-0.05, 0) is 25.6 Å². The van der Waals surface area contributed by atoms with Gasteiger partial charge in [-0.25, -0.2) is 8.42 Å². The minimum Gasteiger partial charge on any atom is -0.350 e. The number of fused-ring (bicyclic) bond motifs is 1. The van der Waals surface area contributed by atoms with Crippen LogP contribution in [-0.4, -0.2) is 56.5 Å². The molecule has 21 heavy (non-hydrogen) atoms. The van der Waals surface area contributed by atoms with Crippen molar-refractivity contribution in [3.63, 3.8) is 0 Å². The van der Waals surface area contributed by atoms with Crippen molar-refractivity contribution in [3.8, 4) is 0 Å². The summed E-state index contributed by atoms with van der Waals surface area (Å²) in [5, 5.41) is 6.05. The van der Waals surface area contributed by atoms with E-state index in [0.29, 0.717) is 24.5 Å². The van der Waals surface area contributed by atoms with Crippen LogP contribution < -0.4 is 10.6 Å².